The largest absolute Gasteiger partial charge is 0.494 e. The molecule has 114 valence electrons. The minimum Gasteiger partial charge on any atom is -0.494 e. The highest BCUT2D eigenvalue weighted by atomic mass is 16.5. The summed E-state index contributed by atoms with van der Waals surface area (Å²) in [6.07, 6.45) is 2.31. The van der Waals surface area contributed by atoms with Crippen LogP contribution < -0.4 is 14.8 Å². The normalized spacial score (nSPS) is 13.8. The van der Waals surface area contributed by atoms with E-state index in [2.05, 4.69) is 26.1 Å². The molecule has 1 rings (SSSR count). The number of rotatable bonds is 10. The van der Waals surface area contributed by atoms with Gasteiger partial charge in [0, 0.05) is 6.04 Å². The Balaban J connectivity index is 2.48. The molecule has 0 heterocycles. The van der Waals surface area contributed by atoms with Crippen LogP contribution in [0, 0.1) is 5.92 Å². The van der Waals surface area contributed by atoms with E-state index in [1.807, 2.05) is 31.2 Å². The van der Waals surface area contributed by atoms with Gasteiger partial charge < -0.3 is 14.8 Å². The maximum atomic E-state index is 5.90. The Morgan fingerprint density at radius 2 is 1.60 bits per heavy atom. The van der Waals surface area contributed by atoms with Crippen molar-refractivity contribution in [3.05, 3.63) is 24.3 Å². The average Bonchev–Trinajstić information content (AvgIpc) is 2.48. The maximum Gasteiger partial charge on any atom is 0.119 e. The monoisotopic (exact) mass is 279 g/mol. The molecule has 0 bridgehead atoms. The summed E-state index contributed by atoms with van der Waals surface area (Å²) in [5, 5.41) is 3.57. The van der Waals surface area contributed by atoms with Gasteiger partial charge in [0.05, 0.1) is 6.61 Å². The Kier molecular flexibility index (Phi) is 8.12. The predicted octanol–water partition coefficient (Wildman–Crippen LogP) is 3.88. The van der Waals surface area contributed by atoms with Crippen LogP contribution in [0.2, 0.25) is 0 Å². The smallest absolute Gasteiger partial charge is 0.119 e. The van der Waals surface area contributed by atoms with Crippen molar-refractivity contribution in [2.45, 2.75) is 46.6 Å². The Labute approximate surface area is 123 Å². The summed E-state index contributed by atoms with van der Waals surface area (Å²) in [7, 11) is 0. The minimum absolute atomic E-state index is 0.409. The van der Waals surface area contributed by atoms with Crippen LogP contribution in [0.1, 0.15) is 40.5 Å². The van der Waals surface area contributed by atoms with Crippen LogP contribution in [-0.2, 0) is 0 Å². The zero-order valence-corrected chi connectivity index (χ0v) is 13.3. The summed E-state index contributed by atoms with van der Waals surface area (Å²) < 4.78 is 11.3. The van der Waals surface area contributed by atoms with Crippen molar-refractivity contribution in [2.75, 3.05) is 19.8 Å². The molecule has 3 nitrogen and oxygen atoms in total. The maximum absolute atomic E-state index is 5.90. The van der Waals surface area contributed by atoms with Gasteiger partial charge in [0.2, 0.25) is 0 Å². The van der Waals surface area contributed by atoms with Gasteiger partial charge in [-0.05, 0) is 50.1 Å². The molecule has 3 heteroatoms. The van der Waals surface area contributed by atoms with E-state index in [-0.39, 0.29) is 0 Å². The first-order chi connectivity index (χ1) is 9.71. The van der Waals surface area contributed by atoms with Gasteiger partial charge in [0.15, 0.2) is 0 Å². The van der Waals surface area contributed by atoms with Crippen molar-refractivity contribution in [1.82, 2.24) is 5.32 Å². The standard InChI is InChI=1S/C17H29NO2/c1-5-12-18-17(14(4)6-2)13-20-16-10-8-15(9-11-16)19-7-3/h8-11,14,17-18H,5-7,12-13H2,1-4H3. The first-order valence-corrected chi connectivity index (χ1v) is 7.80. The van der Waals surface area contributed by atoms with Crippen LogP contribution >= 0.6 is 0 Å². The molecule has 0 saturated carbocycles. The highest BCUT2D eigenvalue weighted by molar-refractivity contribution is 5.31. The van der Waals surface area contributed by atoms with E-state index < -0.39 is 0 Å². The minimum atomic E-state index is 0.409. The summed E-state index contributed by atoms with van der Waals surface area (Å²) in [6.45, 7) is 11.1. The number of benzene rings is 1. The van der Waals surface area contributed by atoms with Gasteiger partial charge in [0.25, 0.3) is 0 Å². The van der Waals surface area contributed by atoms with Crippen LogP contribution in [0.15, 0.2) is 24.3 Å². The second kappa shape index (κ2) is 9.65. The molecule has 0 spiro atoms. The number of ether oxygens (including phenoxy) is 2. The lowest BCUT2D eigenvalue weighted by Gasteiger charge is -2.24. The van der Waals surface area contributed by atoms with Crippen LogP contribution in [0.4, 0.5) is 0 Å². The van der Waals surface area contributed by atoms with Gasteiger partial charge >= 0.3 is 0 Å². The van der Waals surface area contributed by atoms with E-state index >= 15 is 0 Å². The first kappa shape index (κ1) is 16.8. The molecule has 2 atom stereocenters. The summed E-state index contributed by atoms with van der Waals surface area (Å²) in [5.74, 6) is 2.41. The average molecular weight is 279 g/mol. The number of nitrogens with one attached hydrogen (secondary N) is 1. The summed E-state index contributed by atoms with van der Waals surface area (Å²) in [6, 6.07) is 8.26. The first-order valence-electron chi connectivity index (χ1n) is 7.80. The molecule has 0 aliphatic carbocycles. The van der Waals surface area contributed by atoms with Crippen molar-refractivity contribution in [2.24, 2.45) is 5.92 Å². The van der Waals surface area contributed by atoms with Crippen LogP contribution in [0.25, 0.3) is 0 Å². The molecule has 1 aromatic carbocycles. The van der Waals surface area contributed by atoms with E-state index in [0.29, 0.717) is 25.2 Å². The van der Waals surface area contributed by atoms with Crippen molar-refractivity contribution in [3.8, 4) is 11.5 Å². The Morgan fingerprint density at radius 3 is 2.10 bits per heavy atom. The Hall–Kier alpha value is -1.22. The lowest BCUT2D eigenvalue weighted by molar-refractivity contribution is 0.220. The molecule has 0 radical (unpaired) electrons. The lowest BCUT2D eigenvalue weighted by atomic mass is 10.00. The summed E-state index contributed by atoms with van der Waals surface area (Å²) in [5.41, 5.74) is 0. The van der Waals surface area contributed by atoms with Crippen LogP contribution in [0.3, 0.4) is 0 Å². The van der Waals surface area contributed by atoms with Crippen molar-refractivity contribution in [1.29, 1.82) is 0 Å². The molecule has 2 unspecified atom stereocenters. The third-order valence-corrected chi connectivity index (χ3v) is 3.55. The fourth-order valence-electron chi connectivity index (χ4n) is 2.02. The van der Waals surface area contributed by atoms with E-state index in [1.54, 1.807) is 0 Å². The number of hydrogen-bond donors (Lipinski definition) is 1. The Bertz CT molecular complexity index is 351. The lowest BCUT2D eigenvalue weighted by Crippen LogP contribution is -2.40. The molecule has 20 heavy (non-hydrogen) atoms. The van der Waals surface area contributed by atoms with E-state index in [9.17, 15) is 0 Å². The van der Waals surface area contributed by atoms with Gasteiger partial charge in [-0.1, -0.05) is 27.2 Å². The summed E-state index contributed by atoms with van der Waals surface area (Å²) >= 11 is 0. The Morgan fingerprint density at radius 1 is 1.00 bits per heavy atom. The van der Waals surface area contributed by atoms with Gasteiger partial charge in [0.1, 0.15) is 18.1 Å². The van der Waals surface area contributed by atoms with E-state index in [0.717, 1.165) is 30.9 Å². The van der Waals surface area contributed by atoms with Crippen LogP contribution in [0.5, 0.6) is 11.5 Å². The van der Waals surface area contributed by atoms with Gasteiger partial charge in [-0.15, -0.1) is 0 Å². The zero-order chi connectivity index (χ0) is 14.8. The molecule has 0 fully saturated rings. The highest BCUT2D eigenvalue weighted by Gasteiger charge is 2.15. The number of hydrogen-bond acceptors (Lipinski definition) is 3. The fourth-order valence-corrected chi connectivity index (χ4v) is 2.02. The summed E-state index contributed by atoms with van der Waals surface area (Å²) in [4.78, 5) is 0. The second-order valence-corrected chi connectivity index (χ2v) is 5.16. The highest BCUT2D eigenvalue weighted by Crippen LogP contribution is 2.18. The van der Waals surface area contributed by atoms with E-state index in [1.165, 1.54) is 0 Å². The molecular formula is C17H29NO2. The van der Waals surface area contributed by atoms with Crippen LogP contribution in [-0.4, -0.2) is 25.8 Å². The van der Waals surface area contributed by atoms with E-state index in [4.69, 9.17) is 9.47 Å². The molecule has 1 aromatic rings. The molecule has 0 aromatic heterocycles. The predicted molar refractivity (Wildman–Crippen MR) is 84.6 cm³/mol. The molecular weight excluding hydrogens is 250 g/mol. The SMILES string of the molecule is CCCNC(COc1ccc(OCC)cc1)C(C)CC. The molecule has 1 N–H and O–H groups in total. The topological polar surface area (TPSA) is 30.5 Å². The second-order valence-electron chi connectivity index (χ2n) is 5.16. The molecule has 0 amide bonds. The van der Waals surface area contributed by atoms with Gasteiger partial charge in [-0.2, -0.15) is 0 Å². The van der Waals surface area contributed by atoms with Gasteiger partial charge in [-0.3, -0.25) is 0 Å². The quantitative estimate of drug-likeness (QED) is 0.705. The zero-order valence-electron chi connectivity index (χ0n) is 13.3. The van der Waals surface area contributed by atoms with Crippen molar-refractivity contribution in [3.63, 3.8) is 0 Å². The van der Waals surface area contributed by atoms with Crippen molar-refractivity contribution >= 4 is 0 Å². The fraction of sp³-hybridized carbons (Fsp3) is 0.647. The van der Waals surface area contributed by atoms with Gasteiger partial charge in [-0.25, -0.2) is 0 Å². The molecule has 0 saturated heterocycles. The van der Waals surface area contributed by atoms with Crippen molar-refractivity contribution < 1.29 is 9.47 Å². The molecule has 0 aliphatic heterocycles. The third-order valence-electron chi connectivity index (χ3n) is 3.55. The molecule has 0 aliphatic rings. The third kappa shape index (κ3) is 5.83.